The first-order valence-electron chi connectivity index (χ1n) is 8.45. The van der Waals surface area contributed by atoms with E-state index in [1.807, 2.05) is 80.6 Å². The lowest BCUT2D eigenvalue weighted by molar-refractivity contribution is 0.102. The smallest absolute Gasteiger partial charge is 0.255 e. The van der Waals surface area contributed by atoms with Crippen molar-refractivity contribution in [2.24, 2.45) is 0 Å². The standard InChI is InChI=1S/C22H18N2O2/c1-14-7-12-19-20(13-14)26-22(24-19)16-8-10-17(11-9-16)23-21(25)18-6-4-3-5-15(18)2/h3-13H,1-2H3,(H,23,25). The minimum atomic E-state index is -0.117. The van der Waals surface area contributed by atoms with Crippen LogP contribution in [-0.2, 0) is 0 Å². The summed E-state index contributed by atoms with van der Waals surface area (Å²) in [5.41, 5.74) is 5.96. The number of hydrogen-bond acceptors (Lipinski definition) is 3. The summed E-state index contributed by atoms with van der Waals surface area (Å²) >= 11 is 0. The number of nitrogens with zero attached hydrogens (tertiary/aromatic N) is 1. The average molecular weight is 342 g/mol. The summed E-state index contributed by atoms with van der Waals surface area (Å²) in [4.78, 5) is 16.9. The Balaban J connectivity index is 1.56. The van der Waals surface area contributed by atoms with E-state index < -0.39 is 0 Å². The van der Waals surface area contributed by atoms with Gasteiger partial charge in [-0.15, -0.1) is 0 Å². The number of anilines is 1. The molecule has 0 aliphatic heterocycles. The summed E-state index contributed by atoms with van der Waals surface area (Å²) < 4.78 is 5.84. The van der Waals surface area contributed by atoms with Gasteiger partial charge in [-0.2, -0.15) is 0 Å². The molecule has 1 aromatic heterocycles. The largest absolute Gasteiger partial charge is 0.436 e. The van der Waals surface area contributed by atoms with Crippen LogP contribution in [0, 0.1) is 13.8 Å². The zero-order valence-corrected chi connectivity index (χ0v) is 14.6. The van der Waals surface area contributed by atoms with Crippen molar-refractivity contribution >= 4 is 22.7 Å². The molecule has 0 aliphatic rings. The van der Waals surface area contributed by atoms with E-state index in [-0.39, 0.29) is 5.91 Å². The van der Waals surface area contributed by atoms with Gasteiger partial charge in [-0.05, 0) is 67.4 Å². The van der Waals surface area contributed by atoms with Crippen molar-refractivity contribution in [3.05, 3.63) is 83.4 Å². The first-order chi connectivity index (χ1) is 12.6. The van der Waals surface area contributed by atoms with Crippen molar-refractivity contribution in [1.82, 2.24) is 4.98 Å². The lowest BCUT2D eigenvalue weighted by Crippen LogP contribution is -2.13. The average Bonchev–Trinajstić information content (AvgIpc) is 3.05. The SMILES string of the molecule is Cc1ccc2nc(-c3ccc(NC(=O)c4ccccc4C)cc3)oc2c1. The molecule has 0 atom stereocenters. The number of aromatic nitrogens is 1. The number of rotatable bonds is 3. The second kappa shape index (κ2) is 6.48. The predicted octanol–water partition coefficient (Wildman–Crippen LogP) is 5.36. The van der Waals surface area contributed by atoms with Crippen molar-refractivity contribution in [1.29, 1.82) is 0 Å². The fraction of sp³-hybridized carbons (Fsp3) is 0.0909. The summed E-state index contributed by atoms with van der Waals surface area (Å²) in [6.07, 6.45) is 0. The van der Waals surface area contributed by atoms with Gasteiger partial charge in [0.25, 0.3) is 5.91 Å². The highest BCUT2D eigenvalue weighted by molar-refractivity contribution is 6.05. The van der Waals surface area contributed by atoms with Gasteiger partial charge in [0.05, 0.1) is 0 Å². The minimum Gasteiger partial charge on any atom is -0.436 e. The number of oxazole rings is 1. The molecule has 0 saturated heterocycles. The van der Waals surface area contributed by atoms with Crippen LogP contribution in [0.4, 0.5) is 5.69 Å². The molecule has 1 N–H and O–H groups in total. The molecule has 0 spiro atoms. The zero-order valence-electron chi connectivity index (χ0n) is 14.6. The van der Waals surface area contributed by atoms with Crippen LogP contribution in [0.3, 0.4) is 0 Å². The van der Waals surface area contributed by atoms with Crippen molar-refractivity contribution in [2.75, 3.05) is 5.32 Å². The third-order valence-corrected chi connectivity index (χ3v) is 4.32. The van der Waals surface area contributed by atoms with Gasteiger partial charge in [0.2, 0.25) is 5.89 Å². The third kappa shape index (κ3) is 3.09. The van der Waals surface area contributed by atoms with Crippen molar-refractivity contribution in [3.63, 3.8) is 0 Å². The number of fused-ring (bicyclic) bond motifs is 1. The van der Waals surface area contributed by atoms with Crippen molar-refractivity contribution in [3.8, 4) is 11.5 Å². The first kappa shape index (κ1) is 16.1. The highest BCUT2D eigenvalue weighted by Crippen LogP contribution is 2.26. The molecule has 1 amide bonds. The van der Waals surface area contributed by atoms with Gasteiger partial charge in [-0.3, -0.25) is 4.79 Å². The molecule has 4 aromatic rings. The van der Waals surface area contributed by atoms with Crippen LogP contribution in [0.2, 0.25) is 0 Å². The molecule has 1 heterocycles. The lowest BCUT2D eigenvalue weighted by atomic mass is 10.1. The minimum absolute atomic E-state index is 0.117. The van der Waals surface area contributed by atoms with Crippen LogP contribution in [0.1, 0.15) is 21.5 Å². The van der Waals surface area contributed by atoms with Crippen LogP contribution in [0.25, 0.3) is 22.6 Å². The summed E-state index contributed by atoms with van der Waals surface area (Å²) in [6, 6.07) is 21.0. The van der Waals surface area contributed by atoms with Gasteiger partial charge >= 0.3 is 0 Å². The number of carbonyl (C=O) groups excluding carboxylic acids is 1. The monoisotopic (exact) mass is 342 g/mol. The predicted molar refractivity (Wildman–Crippen MR) is 103 cm³/mol. The molecule has 4 heteroatoms. The molecule has 128 valence electrons. The third-order valence-electron chi connectivity index (χ3n) is 4.32. The molecule has 0 radical (unpaired) electrons. The first-order valence-corrected chi connectivity index (χ1v) is 8.45. The fourth-order valence-corrected chi connectivity index (χ4v) is 2.88. The highest BCUT2D eigenvalue weighted by Gasteiger charge is 2.11. The van der Waals surface area contributed by atoms with E-state index in [1.54, 1.807) is 0 Å². The van der Waals surface area contributed by atoms with Crippen LogP contribution in [-0.4, -0.2) is 10.9 Å². The maximum Gasteiger partial charge on any atom is 0.255 e. The molecule has 26 heavy (non-hydrogen) atoms. The number of aryl methyl sites for hydroxylation is 2. The fourth-order valence-electron chi connectivity index (χ4n) is 2.88. The Kier molecular flexibility index (Phi) is 4.01. The second-order valence-corrected chi connectivity index (χ2v) is 6.34. The molecule has 4 rings (SSSR count). The molecule has 4 nitrogen and oxygen atoms in total. The highest BCUT2D eigenvalue weighted by atomic mass is 16.3. The van der Waals surface area contributed by atoms with Crippen LogP contribution < -0.4 is 5.32 Å². The quantitative estimate of drug-likeness (QED) is 0.545. The van der Waals surface area contributed by atoms with E-state index in [1.165, 1.54) is 0 Å². The van der Waals surface area contributed by atoms with E-state index in [9.17, 15) is 4.79 Å². The number of amides is 1. The summed E-state index contributed by atoms with van der Waals surface area (Å²) in [5.74, 6) is 0.454. The molecule has 0 fully saturated rings. The molecular weight excluding hydrogens is 324 g/mol. The molecule has 0 bridgehead atoms. The number of benzene rings is 3. The van der Waals surface area contributed by atoms with Gasteiger partial charge in [-0.1, -0.05) is 24.3 Å². The number of hydrogen-bond donors (Lipinski definition) is 1. The van der Waals surface area contributed by atoms with Crippen molar-refractivity contribution < 1.29 is 9.21 Å². The van der Waals surface area contributed by atoms with Crippen LogP contribution in [0.5, 0.6) is 0 Å². The van der Waals surface area contributed by atoms with E-state index in [0.717, 1.165) is 33.5 Å². The van der Waals surface area contributed by atoms with Gasteiger partial charge in [-0.25, -0.2) is 4.98 Å². The zero-order chi connectivity index (χ0) is 18.1. The Morgan fingerprint density at radius 1 is 0.962 bits per heavy atom. The number of carbonyl (C=O) groups is 1. The Hall–Kier alpha value is -3.40. The van der Waals surface area contributed by atoms with Crippen molar-refractivity contribution in [2.45, 2.75) is 13.8 Å². The topological polar surface area (TPSA) is 55.1 Å². The Morgan fingerprint density at radius 2 is 1.73 bits per heavy atom. The second-order valence-electron chi connectivity index (χ2n) is 6.34. The van der Waals surface area contributed by atoms with Gasteiger partial charge in [0, 0.05) is 16.8 Å². The van der Waals surface area contributed by atoms with E-state index in [0.29, 0.717) is 11.5 Å². The van der Waals surface area contributed by atoms with Gasteiger partial charge < -0.3 is 9.73 Å². The Bertz CT molecular complexity index is 1090. The van der Waals surface area contributed by atoms with Crippen LogP contribution in [0.15, 0.2) is 71.1 Å². The van der Waals surface area contributed by atoms with E-state index in [2.05, 4.69) is 10.3 Å². The normalized spacial score (nSPS) is 10.8. The Morgan fingerprint density at radius 3 is 2.50 bits per heavy atom. The molecule has 0 saturated carbocycles. The molecular formula is C22H18N2O2. The summed E-state index contributed by atoms with van der Waals surface area (Å²) in [7, 11) is 0. The Labute approximate surface area is 151 Å². The maximum absolute atomic E-state index is 12.4. The molecule has 0 unspecified atom stereocenters. The molecule has 3 aromatic carbocycles. The molecule has 0 aliphatic carbocycles. The van der Waals surface area contributed by atoms with Gasteiger partial charge in [0.1, 0.15) is 5.52 Å². The maximum atomic E-state index is 12.4. The number of nitrogens with one attached hydrogen (secondary N) is 1. The summed E-state index contributed by atoms with van der Waals surface area (Å²) in [6.45, 7) is 3.94. The van der Waals surface area contributed by atoms with Crippen LogP contribution >= 0.6 is 0 Å². The lowest BCUT2D eigenvalue weighted by Gasteiger charge is -2.07. The van der Waals surface area contributed by atoms with Gasteiger partial charge in [0.15, 0.2) is 5.58 Å². The summed E-state index contributed by atoms with van der Waals surface area (Å²) in [5, 5.41) is 2.92. The van der Waals surface area contributed by atoms with E-state index in [4.69, 9.17) is 4.42 Å². The van der Waals surface area contributed by atoms with E-state index >= 15 is 0 Å².